The van der Waals surface area contributed by atoms with E-state index in [1.54, 1.807) is 17.8 Å². The van der Waals surface area contributed by atoms with Crippen LogP contribution in [0.15, 0.2) is 23.1 Å². The van der Waals surface area contributed by atoms with Gasteiger partial charge < -0.3 is 10.1 Å². The second-order valence-electron chi connectivity index (χ2n) is 6.35. The van der Waals surface area contributed by atoms with Crippen LogP contribution in [0, 0.1) is 5.92 Å². The Balaban J connectivity index is 2.07. The molecule has 1 atom stereocenters. The monoisotopic (exact) mass is 384 g/mol. The molecule has 1 saturated heterocycles. The highest BCUT2D eigenvalue weighted by atomic mass is 35.5. The summed E-state index contributed by atoms with van der Waals surface area (Å²) >= 11 is 7.84. The van der Waals surface area contributed by atoms with Crippen molar-refractivity contribution in [1.29, 1.82) is 0 Å². The second-order valence-corrected chi connectivity index (χ2v) is 7.63. The summed E-state index contributed by atoms with van der Waals surface area (Å²) in [6.45, 7) is 8.49. The predicted octanol–water partition coefficient (Wildman–Crippen LogP) is 3.93. The number of rotatable bonds is 8. The third-order valence-electron chi connectivity index (χ3n) is 5.00. The SMILES string of the molecule is CCC(CC)[C@H](CNC(=O)c1cc(SC)ccc1Cl)N1CCOCC1. The zero-order valence-electron chi connectivity index (χ0n) is 15.4. The molecule has 6 heteroatoms. The Kier molecular flexibility index (Phi) is 8.56. The fourth-order valence-electron chi connectivity index (χ4n) is 3.43. The Morgan fingerprint density at radius 1 is 1.32 bits per heavy atom. The number of ether oxygens (including phenoxy) is 1. The molecule has 25 heavy (non-hydrogen) atoms. The van der Waals surface area contributed by atoms with Gasteiger partial charge in [0.05, 0.1) is 23.8 Å². The van der Waals surface area contributed by atoms with E-state index in [4.69, 9.17) is 16.3 Å². The van der Waals surface area contributed by atoms with Crippen LogP contribution in [0.1, 0.15) is 37.0 Å². The first-order valence-corrected chi connectivity index (χ1v) is 10.6. The number of hydrogen-bond acceptors (Lipinski definition) is 4. The minimum absolute atomic E-state index is 0.0925. The number of amides is 1. The van der Waals surface area contributed by atoms with Crippen molar-refractivity contribution in [2.75, 3.05) is 39.1 Å². The number of nitrogens with zero attached hydrogens (tertiary/aromatic N) is 1. The summed E-state index contributed by atoms with van der Waals surface area (Å²) in [6.07, 6.45) is 4.21. The Hall–Kier alpha value is -0.750. The molecule has 1 heterocycles. The molecule has 0 radical (unpaired) electrons. The van der Waals surface area contributed by atoms with Gasteiger partial charge in [-0.25, -0.2) is 0 Å². The lowest BCUT2D eigenvalue weighted by Gasteiger charge is -2.38. The zero-order valence-corrected chi connectivity index (χ0v) is 17.0. The number of thioether (sulfide) groups is 1. The third kappa shape index (κ3) is 5.61. The average molecular weight is 385 g/mol. The van der Waals surface area contributed by atoms with E-state index in [2.05, 4.69) is 24.1 Å². The van der Waals surface area contributed by atoms with Crippen molar-refractivity contribution in [3.8, 4) is 0 Å². The molecule has 4 nitrogen and oxygen atoms in total. The van der Waals surface area contributed by atoms with Crippen LogP contribution in [0.3, 0.4) is 0 Å². The third-order valence-corrected chi connectivity index (χ3v) is 6.05. The van der Waals surface area contributed by atoms with E-state index in [0.29, 0.717) is 29.1 Å². The molecule has 1 aromatic carbocycles. The van der Waals surface area contributed by atoms with E-state index in [-0.39, 0.29) is 5.91 Å². The lowest BCUT2D eigenvalue weighted by Crippen LogP contribution is -2.52. The van der Waals surface area contributed by atoms with Crippen LogP contribution in [0.5, 0.6) is 0 Å². The lowest BCUT2D eigenvalue weighted by molar-refractivity contribution is 0.00191. The number of hydrogen-bond donors (Lipinski definition) is 1. The molecule has 0 spiro atoms. The van der Waals surface area contributed by atoms with Crippen molar-refractivity contribution < 1.29 is 9.53 Å². The molecule has 1 aromatic rings. The van der Waals surface area contributed by atoms with E-state index in [9.17, 15) is 4.79 Å². The standard InChI is InChI=1S/C19H29ClN2O2S/c1-4-14(5-2)18(22-8-10-24-11-9-22)13-21-19(23)16-12-15(25-3)6-7-17(16)20/h6-7,12,14,18H,4-5,8-11,13H2,1-3H3,(H,21,23)/t18-/m0/s1. The van der Waals surface area contributed by atoms with Crippen LogP contribution >= 0.6 is 23.4 Å². The van der Waals surface area contributed by atoms with Gasteiger partial charge in [-0.15, -0.1) is 11.8 Å². The zero-order chi connectivity index (χ0) is 18.2. The largest absolute Gasteiger partial charge is 0.379 e. The van der Waals surface area contributed by atoms with Gasteiger partial charge in [-0.3, -0.25) is 9.69 Å². The fraction of sp³-hybridized carbons (Fsp3) is 0.632. The molecule has 0 unspecified atom stereocenters. The molecule has 0 aromatic heterocycles. The van der Waals surface area contributed by atoms with Gasteiger partial charge >= 0.3 is 0 Å². The van der Waals surface area contributed by atoms with Crippen LogP contribution in [0.25, 0.3) is 0 Å². The highest BCUT2D eigenvalue weighted by Crippen LogP contribution is 2.24. The maximum atomic E-state index is 12.7. The van der Waals surface area contributed by atoms with Crippen LogP contribution in [0.4, 0.5) is 0 Å². The van der Waals surface area contributed by atoms with Crippen molar-refractivity contribution in [1.82, 2.24) is 10.2 Å². The highest BCUT2D eigenvalue weighted by molar-refractivity contribution is 7.98. The van der Waals surface area contributed by atoms with Gasteiger partial charge in [0.15, 0.2) is 0 Å². The van der Waals surface area contributed by atoms with Gasteiger partial charge in [-0.05, 0) is 30.4 Å². The highest BCUT2D eigenvalue weighted by Gasteiger charge is 2.27. The molecule has 0 aliphatic carbocycles. The quantitative estimate of drug-likeness (QED) is 0.689. The van der Waals surface area contributed by atoms with E-state index in [1.807, 2.05) is 18.4 Å². The van der Waals surface area contributed by atoms with Crippen molar-refractivity contribution in [3.63, 3.8) is 0 Å². The van der Waals surface area contributed by atoms with E-state index in [1.165, 1.54) is 0 Å². The average Bonchev–Trinajstić information content (AvgIpc) is 2.66. The molecule has 140 valence electrons. The Morgan fingerprint density at radius 3 is 2.60 bits per heavy atom. The Morgan fingerprint density at radius 2 is 2.00 bits per heavy atom. The summed E-state index contributed by atoms with van der Waals surface area (Å²) in [5.41, 5.74) is 0.554. The topological polar surface area (TPSA) is 41.6 Å². The molecule has 0 saturated carbocycles. The molecule has 1 aliphatic rings. The van der Waals surface area contributed by atoms with Gasteiger partial charge in [0.1, 0.15) is 0 Å². The Bertz CT molecular complexity index is 560. The summed E-state index contributed by atoms with van der Waals surface area (Å²) in [5.74, 6) is 0.469. The van der Waals surface area contributed by atoms with Gasteiger partial charge in [0.2, 0.25) is 0 Å². The lowest BCUT2D eigenvalue weighted by atomic mass is 9.92. The summed E-state index contributed by atoms with van der Waals surface area (Å²) < 4.78 is 5.48. The molecule has 1 fully saturated rings. The maximum Gasteiger partial charge on any atom is 0.252 e. The summed E-state index contributed by atoms with van der Waals surface area (Å²) in [7, 11) is 0. The minimum atomic E-state index is -0.0925. The van der Waals surface area contributed by atoms with Gasteiger partial charge in [0, 0.05) is 30.6 Å². The molecule has 0 bridgehead atoms. The van der Waals surface area contributed by atoms with E-state index < -0.39 is 0 Å². The number of morpholine rings is 1. The second kappa shape index (κ2) is 10.4. The molecule has 1 amide bonds. The number of halogens is 1. The minimum Gasteiger partial charge on any atom is -0.379 e. The van der Waals surface area contributed by atoms with Crippen LogP contribution < -0.4 is 5.32 Å². The first-order valence-electron chi connectivity index (χ1n) is 9.04. The first-order chi connectivity index (χ1) is 12.1. The van der Waals surface area contributed by atoms with Crippen LogP contribution in [0.2, 0.25) is 5.02 Å². The molecular weight excluding hydrogens is 356 g/mol. The summed E-state index contributed by atoms with van der Waals surface area (Å²) in [5, 5.41) is 3.62. The first kappa shape index (κ1) is 20.6. The fourth-order valence-corrected chi connectivity index (χ4v) is 4.08. The van der Waals surface area contributed by atoms with Gasteiger partial charge in [-0.2, -0.15) is 0 Å². The van der Waals surface area contributed by atoms with Gasteiger partial charge in [0.25, 0.3) is 5.91 Å². The van der Waals surface area contributed by atoms with E-state index >= 15 is 0 Å². The van der Waals surface area contributed by atoms with E-state index in [0.717, 1.165) is 44.0 Å². The van der Waals surface area contributed by atoms with Gasteiger partial charge in [-0.1, -0.05) is 38.3 Å². The van der Waals surface area contributed by atoms with Crippen molar-refractivity contribution in [2.24, 2.45) is 5.92 Å². The molecule has 1 N–H and O–H groups in total. The van der Waals surface area contributed by atoms with Crippen LogP contribution in [-0.4, -0.2) is 56.0 Å². The summed E-state index contributed by atoms with van der Waals surface area (Å²) in [4.78, 5) is 16.2. The number of carbonyl (C=O) groups is 1. The molecular formula is C19H29ClN2O2S. The molecule has 1 aliphatic heterocycles. The normalized spacial score (nSPS) is 16.8. The Labute approximate surface area is 160 Å². The maximum absolute atomic E-state index is 12.7. The van der Waals surface area contributed by atoms with Crippen LogP contribution in [-0.2, 0) is 4.74 Å². The predicted molar refractivity (Wildman–Crippen MR) is 106 cm³/mol. The smallest absolute Gasteiger partial charge is 0.252 e. The van der Waals surface area contributed by atoms with Crippen molar-refractivity contribution in [2.45, 2.75) is 37.6 Å². The summed E-state index contributed by atoms with van der Waals surface area (Å²) in [6, 6.07) is 5.93. The van der Waals surface area contributed by atoms with Crippen molar-refractivity contribution in [3.05, 3.63) is 28.8 Å². The number of nitrogens with one attached hydrogen (secondary N) is 1. The van der Waals surface area contributed by atoms with Crippen molar-refractivity contribution >= 4 is 29.3 Å². The number of benzene rings is 1. The number of carbonyl (C=O) groups excluding carboxylic acids is 1. The molecule has 2 rings (SSSR count).